The molecule has 0 saturated heterocycles. The summed E-state index contributed by atoms with van der Waals surface area (Å²) in [6.45, 7) is 1.68. The average Bonchev–Trinajstić information content (AvgIpc) is 3.18. The highest BCUT2D eigenvalue weighted by atomic mass is 16.5. The Balaban J connectivity index is 1.78. The van der Waals surface area contributed by atoms with Gasteiger partial charge in [-0.05, 0) is 48.9 Å². The number of nitrogens with one attached hydrogen (secondary N) is 1. The van der Waals surface area contributed by atoms with Gasteiger partial charge < -0.3 is 19.4 Å². The number of methoxy groups -OCH3 is 1. The van der Waals surface area contributed by atoms with Crippen LogP contribution in [0, 0.1) is 11.3 Å². The average molecular weight is 390 g/mol. The van der Waals surface area contributed by atoms with E-state index in [2.05, 4.69) is 16.4 Å². The molecule has 7 heteroatoms. The smallest absolute Gasteiger partial charge is 0.261 e. The lowest BCUT2D eigenvalue weighted by atomic mass is 10.1. The summed E-state index contributed by atoms with van der Waals surface area (Å²) in [6, 6.07) is 15.7. The number of rotatable bonds is 7. The van der Waals surface area contributed by atoms with Gasteiger partial charge in [0.15, 0.2) is 6.10 Å². The van der Waals surface area contributed by atoms with Crippen LogP contribution >= 0.6 is 0 Å². The molecular formula is C22H22N4O3. The van der Waals surface area contributed by atoms with E-state index in [-0.39, 0.29) is 5.91 Å². The van der Waals surface area contributed by atoms with Crippen molar-refractivity contribution in [3.05, 3.63) is 77.9 Å². The Morgan fingerprint density at radius 1 is 1.14 bits per heavy atom. The molecular weight excluding hydrogens is 368 g/mol. The predicted octanol–water partition coefficient (Wildman–Crippen LogP) is 2.97. The van der Waals surface area contributed by atoms with Crippen molar-refractivity contribution in [2.75, 3.05) is 7.11 Å². The van der Waals surface area contributed by atoms with Crippen LogP contribution in [0.5, 0.6) is 11.5 Å². The lowest BCUT2D eigenvalue weighted by Gasteiger charge is -2.22. The molecule has 1 N–H and O–H groups in total. The molecule has 2 atom stereocenters. The van der Waals surface area contributed by atoms with Gasteiger partial charge in [-0.15, -0.1) is 0 Å². The second-order valence-corrected chi connectivity index (χ2v) is 6.51. The Labute approximate surface area is 169 Å². The van der Waals surface area contributed by atoms with E-state index in [1.54, 1.807) is 44.5 Å². The molecule has 3 rings (SSSR count). The van der Waals surface area contributed by atoms with Crippen molar-refractivity contribution in [3.8, 4) is 17.6 Å². The third-order valence-corrected chi connectivity index (χ3v) is 4.52. The molecule has 0 bridgehead atoms. The molecule has 0 aliphatic heterocycles. The molecule has 0 saturated carbocycles. The Kier molecular flexibility index (Phi) is 6.15. The number of amides is 1. The van der Waals surface area contributed by atoms with E-state index in [9.17, 15) is 4.79 Å². The first-order valence-electron chi connectivity index (χ1n) is 9.10. The second kappa shape index (κ2) is 8.93. The SMILES string of the molecule is COc1ccc(C(NC(=O)C(C)Oc2ccc(C#N)cc2)c2nccn2C)cc1. The summed E-state index contributed by atoms with van der Waals surface area (Å²) >= 11 is 0. The standard InChI is InChI=1S/C22H22N4O3/c1-15(29-19-8-4-16(14-23)5-9-19)22(27)25-20(21-24-12-13-26(21)2)17-6-10-18(28-3)11-7-17/h4-13,15,20H,1-3H3,(H,25,27). The Hall–Kier alpha value is -3.79. The van der Waals surface area contributed by atoms with Crippen molar-refractivity contribution in [1.82, 2.24) is 14.9 Å². The summed E-state index contributed by atoms with van der Waals surface area (Å²) in [5.74, 6) is 1.67. The third kappa shape index (κ3) is 4.74. The van der Waals surface area contributed by atoms with Crippen molar-refractivity contribution in [1.29, 1.82) is 5.26 Å². The lowest BCUT2D eigenvalue weighted by Crippen LogP contribution is -2.39. The highest BCUT2D eigenvalue weighted by Crippen LogP contribution is 2.23. The van der Waals surface area contributed by atoms with Gasteiger partial charge in [-0.1, -0.05) is 12.1 Å². The number of carbonyl (C=O) groups is 1. The first-order chi connectivity index (χ1) is 14.0. The number of aromatic nitrogens is 2. The van der Waals surface area contributed by atoms with E-state index < -0.39 is 12.1 Å². The van der Waals surface area contributed by atoms with Crippen LogP contribution in [0.15, 0.2) is 60.9 Å². The minimum atomic E-state index is -0.732. The van der Waals surface area contributed by atoms with Gasteiger partial charge in [-0.3, -0.25) is 4.79 Å². The number of carbonyl (C=O) groups excluding carboxylic acids is 1. The Bertz CT molecular complexity index is 1000. The molecule has 148 valence electrons. The van der Waals surface area contributed by atoms with Gasteiger partial charge in [0.2, 0.25) is 0 Å². The number of benzene rings is 2. The monoisotopic (exact) mass is 390 g/mol. The first kappa shape index (κ1) is 20.0. The number of aryl methyl sites for hydroxylation is 1. The molecule has 0 aliphatic rings. The number of hydrogen-bond donors (Lipinski definition) is 1. The molecule has 2 aromatic carbocycles. The van der Waals surface area contributed by atoms with E-state index in [1.165, 1.54) is 0 Å². The van der Waals surface area contributed by atoms with Gasteiger partial charge in [0, 0.05) is 19.4 Å². The van der Waals surface area contributed by atoms with Crippen molar-refractivity contribution >= 4 is 5.91 Å². The minimum Gasteiger partial charge on any atom is -0.497 e. The molecule has 0 spiro atoms. The van der Waals surface area contributed by atoms with Crippen LogP contribution in [0.4, 0.5) is 0 Å². The maximum Gasteiger partial charge on any atom is 0.261 e. The van der Waals surface area contributed by atoms with E-state index in [0.717, 1.165) is 11.3 Å². The summed E-state index contributed by atoms with van der Waals surface area (Å²) in [5.41, 5.74) is 1.41. The Morgan fingerprint density at radius 2 is 1.79 bits per heavy atom. The molecule has 0 fully saturated rings. The minimum absolute atomic E-state index is 0.279. The topological polar surface area (TPSA) is 89.2 Å². The van der Waals surface area contributed by atoms with E-state index in [0.29, 0.717) is 17.1 Å². The van der Waals surface area contributed by atoms with E-state index >= 15 is 0 Å². The summed E-state index contributed by atoms with van der Waals surface area (Å²) < 4.78 is 12.8. The number of nitrogens with zero attached hydrogens (tertiary/aromatic N) is 3. The molecule has 1 amide bonds. The van der Waals surface area contributed by atoms with Crippen LogP contribution in [0.25, 0.3) is 0 Å². The fraction of sp³-hybridized carbons (Fsp3) is 0.227. The molecule has 29 heavy (non-hydrogen) atoms. The first-order valence-corrected chi connectivity index (χ1v) is 9.10. The van der Waals surface area contributed by atoms with Gasteiger partial charge in [0.05, 0.1) is 18.7 Å². The highest BCUT2D eigenvalue weighted by Gasteiger charge is 2.24. The fourth-order valence-corrected chi connectivity index (χ4v) is 2.87. The molecule has 3 aromatic rings. The van der Waals surface area contributed by atoms with Crippen molar-refractivity contribution < 1.29 is 14.3 Å². The zero-order valence-electron chi connectivity index (χ0n) is 16.5. The normalized spacial score (nSPS) is 12.5. The van der Waals surface area contributed by atoms with Crippen LogP contribution in [0.1, 0.15) is 29.9 Å². The zero-order valence-corrected chi connectivity index (χ0v) is 16.5. The van der Waals surface area contributed by atoms with Crippen LogP contribution in [0.3, 0.4) is 0 Å². The zero-order chi connectivity index (χ0) is 20.8. The maximum atomic E-state index is 12.8. The molecule has 7 nitrogen and oxygen atoms in total. The number of nitriles is 1. The molecule has 1 heterocycles. The predicted molar refractivity (Wildman–Crippen MR) is 107 cm³/mol. The van der Waals surface area contributed by atoms with Crippen LogP contribution < -0.4 is 14.8 Å². The number of hydrogen-bond acceptors (Lipinski definition) is 5. The lowest BCUT2D eigenvalue weighted by molar-refractivity contribution is -0.127. The molecule has 2 unspecified atom stereocenters. The maximum absolute atomic E-state index is 12.8. The van der Waals surface area contributed by atoms with Gasteiger partial charge in [0.25, 0.3) is 5.91 Å². The summed E-state index contributed by atoms with van der Waals surface area (Å²) in [4.78, 5) is 17.2. The van der Waals surface area contributed by atoms with Gasteiger partial charge in [-0.2, -0.15) is 5.26 Å². The van der Waals surface area contributed by atoms with Crippen LogP contribution in [0.2, 0.25) is 0 Å². The fourth-order valence-electron chi connectivity index (χ4n) is 2.87. The summed E-state index contributed by atoms with van der Waals surface area (Å²) in [6.07, 6.45) is 2.78. The molecule has 0 radical (unpaired) electrons. The largest absolute Gasteiger partial charge is 0.497 e. The molecule has 0 aliphatic carbocycles. The van der Waals surface area contributed by atoms with Crippen LogP contribution in [-0.4, -0.2) is 28.7 Å². The highest BCUT2D eigenvalue weighted by molar-refractivity contribution is 5.81. The van der Waals surface area contributed by atoms with Crippen molar-refractivity contribution in [3.63, 3.8) is 0 Å². The Morgan fingerprint density at radius 3 is 2.34 bits per heavy atom. The number of imidazole rings is 1. The van der Waals surface area contributed by atoms with Crippen LogP contribution in [-0.2, 0) is 11.8 Å². The summed E-state index contributed by atoms with van der Waals surface area (Å²) in [7, 11) is 3.48. The summed E-state index contributed by atoms with van der Waals surface area (Å²) in [5, 5.41) is 11.9. The van der Waals surface area contributed by atoms with Gasteiger partial charge >= 0.3 is 0 Å². The van der Waals surface area contributed by atoms with E-state index in [4.69, 9.17) is 14.7 Å². The van der Waals surface area contributed by atoms with Gasteiger partial charge in [0.1, 0.15) is 23.4 Å². The van der Waals surface area contributed by atoms with Crippen molar-refractivity contribution in [2.45, 2.75) is 19.1 Å². The quantitative estimate of drug-likeness (QED) is 0.670. The number of ether oxygens (including phenoxy) is 2. The van der Waals surface area contributed by atoms with Crippen molar-refractivity contribution in [2.24, 2.45) is 7.05 Å². The molecule has 1 aromatic heterocycles. The van der Waals surface area contributed by atoms with E-state index in [1.807, 2.05) is 42.1 Å². The second-order valence-electron chi connectivity index (χ2n) is 6.51. The van der Waals surface area contributed by atoms with Gasteiger partial charge in [-0.25, -0.2) is 4.98 Å². The third-order valence-electron chi connectivity index (χ3n) is 4.52.